The topological polar surface area (TPSA) is 49.5 Å². The summed E-state index contributed by atoms with van der Waals surface area (Å²) in [4.78, 5) is 6.96. The highest BCUT2D eigenvalue weighted by Gasteiger charge is 2.17. The van der Waals surface area contributed by atoms with Crippen molar-refractivity contribution in [2.75, 3.05) is 4.90 Å². The van der Waals surface area contributed by atoms with Gasteiger partial charge in [-0.15, -0.1) is 11.3 Å². The number of hydrogen-bond acceptors (Lipinski definition) is 5. The van der Waals surface area contributed by atoms with Gasteiger partial charge in [-0.05, 0) is 77.4 Å². The Morgan fingerprint density at radius 1 is 0.521 bits per heavy atom. The lowest BCUT2D eigenvalue weighted by Crippen LogP contribution is -2.09. The van der Waals surface area contributed by atoms with Crippen LogP contribution in [0.4, 0.5) is 17.1 Å². The number of phenolic OH excluding ortho intramolecular Hbond substituents is 1. The van der Waals surface area contributed by atoms with Crippen LogP contribution in [0.3, 0.4) is 0 Å². The third-order valence-electron chi connectivity index (χ3n) is 8.82. The van der Waals surface area contributed by atoms with Crippen molar-refractivity contribution in [3.8, 4) is 39.5 Å². The van der Waals surface area contributed by atoms with Gasteiger partial charge in [0, 0.05) is 54.4 Å². The Bertz CT molecular complexity index is 2550. The molecule has 9 rings (SSSR count). The van der Waals surface area contributed by atoms with Crippen LogP contribution in [-0.4, -0.2) is 10.1 Å². The Morgan fingerprint density at radius 3 is 1.85 bits per heavy atom. The van der Waals surface area contributed by atoms with Crippen LogP contribution < -0.4 is 4.90 Å². The molecule has 0 atom stereocenters. The van der Waals surface area contributed by atoms with Gasteiger partial charge in [0.1, 0.15) is 11.3 Å². The molecular weight excluding hydrogens is 609 g/mol. The molecule has 1 N–H and O–H groups in total. The molecule has 0 spiro atoms. The van der Waals surface area contributed by atoms with Gasteiger partial charge in [-0.1, -0.05) is 97.1 Å². The molecule has 0 fully saturated rings. The predicted molar refractivity (Wildman–Crippen MR) is 200 cm³/mol. The maximum absolute atomic E-state index is 11.0. The van der Waals surface area contributed by atoms with Gasteiger partial charge in [-0.2, -0.15) is 0 Å². The van der Waals surface area contributed by atoms with E-state index in [2.05, 4.69) is 108 Å². The number of fused-ring (bicyclic) bond motifs is 4. The number of oxazole rings is 1. The number of aromatic nitrogens is 1. The maximum Gasteiger partial charge on any atom is 0.227 e. The highest BCUT2D eigenvalue weighted by Crippen LogP contribution is 2.42. The molecule has 4 nitrogen and oxygen atoms in total. The fourth-order valence-electron chi connectivity index (χ4n) is 6.48. The van der Waals surface area contributed by atoms with E-state index in [0.29, 0.717) is 22.6 Å². The number of aromatic hydroxyl groups is 1. The number of anilines is 3. The fourth-order valence-corrected chi connectivity index (χ4v) is 7.72. The van der Waals surface area contributed by atoms with Crippen LogP contribution in [0.5, 0.6) is 5.75 Å². The normalized spacial score (nSPS) is 11.4. The van der Waals surface area contributed by atoms with Crippen molar-refractivity contribution in [2.24, 2.45) is 0 Å². The highest BCUT2D eigenvalue weighted by atomic mass is 32.1. The molecule has 228 valence electrons. The maximum atomic E-state index is 11.0. The van der Waals surface area contributed by atoms with Crippen LogP contribution in [0, 0.1) is 0 Å². The van der Waals surface area contributed by atoms with Crippen LogP contribution in [-0.2, 0) is 0 Å². The molecule has 48 heavy (non-hydrogen) atoms. The second-order valence-electron chi connectivity index (χ2n) is 11.8. The van der Waals surface area contributed by atoms with Gasteiger partial charge in [0.15, 0.2) is 5.58 Å². The zero-order valence-electron chi connectivity index (χ0n) is 25.7. The molecule has 9 aromatic rings. The molecule has 0 amide bonds. The molecular formula is C43H28N2O2S. The lowest BCUT2D eigenvalue weighted by atomic mass is 10.0. The molecule has 0 unspecified atom stereocenters. The van der Waals surface area contributed by atoms with Gasteiger partial charge in [0.2, 0.25) is 5.89 Å². The second kappa shape index (κ2) is 11.6. The molecule has 0 aliphatic carbocycles. The number of para-hydroxylation sites is 1. The quantitative estimate of drug-likeness (QED) is 0.197. The third kappa shape index (κ3) is 4.89. The van der Waals surface area contributed by atoms with Gasteiger partial charge < -0.3 is 14.4 Å². The van der Waals surface area contributed by atoms with E-state index in [1.165, 1.54) is 31.3 Å². The summed E-state index contributed by atoms with van der Waals surface area (Å²) < 4.78 is 8.59. The van der Waals surface area contributed by atoms with Crippen molar-refractivity contribution < 1.29 is 9.52 Å². The molecule has 2 heterocycles. The van der Waals surface area contributed by atoms with Gasteiger partial charge >= 0.3 is 0 Å². The van der Waals surface area contributed by atoms with Crippen molar-refractivity contribution in [3.05, 3.63) is 164 Å². The molecule has 2 aromatic heterocycles. The zero-order chi connectivity index (χ0) is 32.0. The van der Waals surface area contributed by atoms with Crippen molar-refractivity contribution in [1.29, 1.82) is 0 Å². The summed E-state index contributed by atoms with van der Waals surface area (Å²) in [5.74, 6) is 0.678. The summed E-state index contributed by atoms with van der Waals surface area (Å²) in [6.07, 6.45) is 0. The molecule has 0 aliphatic rings. The van der Waals surface area contributed by atoms with Crippen LogP contribution in [0.2, 0.25) is 0 Å². The highest BCUT2D eigenvalue weighted by molar-refractivity contribution is 7.26. The molecule has 7 aromatic carbocycles. The molecule has 0 saturated heterocycles. The van der Waals surface area contributed by atoms with Crippen LogP contribution in [0.1, 0.15) is 0 Å². The number of rotatable bonds is 6. The van der Waals surface area contributed by atoms with E-state index in [-0.39, 0.29) is 5.75 Å². The lowest BCUT2D eigenvalue weighted by Gasteiger charge is -2.26. The Labute approximate surface area is 281 Å². The summed E-state index contributed by atoms with van der Waals surface area (Å²) in [6.45, 7) is 0. The van der Waals surface area contributed by atoms with E-state index in [1.807, 2.05) is 65.9 Å². The lowest BCUT2D eigenvalue weighted by molar-refractivity contribution is 0.476. The van der Waals surface area contributed by atoms with Gasteiger partial charge in [0.25, 0.3) is 0 Å². The molecule has 0 aliphatic heterocycles. The minimum Gasteiger partial charge on any atom is -0.507 e. The molecule has 0 bridgehead atoms. The van der Waals surface area contributed by atoms with Crippen LogP contribution >= 0.6 is 11.3 Å². The Balaban J connectivity index is 1.07. The van der Waals surface area contributed by atoms with E-state index in [9.17, 15) is 5.11 Å². The number of hydrogen-bond donors (Lipinski definition) is 1. The van der Waals surface area contributed by atoms with Crippen molar-refractivity contribution in [3.63, 3.8) is 0 Å². The summed E-state index contributed by atoms with van der Waals surface area (Å²) in [5, 5.41) is 13.6. The number of benzene rings is 7. The third-order valence-corrected chi connectivity index (χ3v) is 10.0. The van der Waals surface area contributed by atoms with Gasteiger partial charge in [-0.3, -0.25) is 0 Å². The molecule has 0 radical (unpaired) electrons. The van der Waals surface area contributed by atoms with Crippen LogP contribution in [0.25, 0.3) is 65.0 Å². The van der Waals surface area contributed by atoms with Gasteiger partial charge in [0.05, 0.1) is 0 Å². The molecule has 0 saturated carbocycles. The SMILES string of the molecule is Oc1cc2oc(-c3ccccc3)nc2cc1-c1ccc(N(c2ccccc2)c2ccc(-c3cccc4c3sc3ccccc34)cc2)cc1. The van der Waals surface area contributed by atoms with Crippen molar-refractivity contribution >= 4 is 59.7 Å². The number of phenols is 1. The summed E-state index contributed by atoms with van der Waals surface area (Å²) in [5.41, 5.74) is 9.30. The zero-order valence-corrected chi connectivity index (χ0v) is 26.6. The number of thiophene rings is 1. The van der Waals surface area contributed by atoms with E-state index < -0.39 is 0 Å². The summed E-state index contributed by atoms with van der Waals surface area (Å²) in [7, 11) is 0. The molecule has 5 heteroatoms. The van der Waals surface area contributed by atoms with Gasteiger partial charge in [-0.25, -0.2) is 4.98 Å². The summed E-state index contributed by atoms with van der Waals surface area (Å²) in [6, 6.07) is 56.0. The average molecular weight is 637 g/mol. The first-order chi connectivity index (χ1) is 23.7. The first kappa shape index (κ1) is 28.1. The monoisotopic (exact) mass is 636 g/mol. The Hall–Kier alpha value is -6.17. The minimum atomic E-state index is 0.148. The fraction of sp³-hybridized carbons (Fsp3) is 0. The smallest absolute Gasteiger partial charge is 0.227 e. The van der Waals surface area contributed by atoms with E-state index in [0.717, 1.165) is 28.2 Å². The average Bonchev–Trinajstić information content (AvgIpc) is 3.74. The minimum absolute atomic E-state index is 0.148. The van der Waals surface area contributed by atoms with Crippen LogP contribution in [0.15, 0.2) is 168 Å². The largest absolute Gasteiger partial charge is 0.507 e. The first-order valence-electron chi connectivity index (χ1n) is 15.8. The standard InChI is InChI=1S/C43H28N2O2S/c46-39-27-40-38(44-43(47-40)30-10-3-1-4-11-30)26-37(39)29-20-24-33(25-21-29)45(31-12-5-2-6-13-31)32-22-18-28(19-23-32)34-15-9-16-36-35-14-7-8-17-41(35)48-42(34)36/h1-27,46H. The van der Waals surface area contributed by atoms with Crippen molar-refractivity contribution in [2.45, 2.75) is 0 Å². The Kier molecular flexibility index (Phi) is 6.77. The first-order valence-corrected chi connectivity index (χ1v) is 16.7. The number of nitrogens with zero attached hydrogens (tertiary/aromatic N) is 2. The Morgan fingerprint density at radius 2 is 1.12 bits per heavy atom. The van der Waals surface area contributed by atoms with E-state index in [4.69, 9.17) is 9.40 Å². The van der Waals surface area contributed by atoms with Crippen molar-refractivity contribution in [1.82, 2.24) is 4.98 Å². The van der Waals surface area contributed by atoms with E-state index in [1.54, 1.807) is 6.07 Å². The second-order valence-corrected chi connectivity index (χ2v) is 12.8. The van der Waals surface area contributed by atoms with E-state index >= 15 is 0 Å². The summed E-state index contributed by atoms with van der Waals surface area (Å²) >= 11 is 1.85. The predicted octanol–water partition coefficient (Wildman–Crippen LogP) is 12.4.